The highest BCUT2D eigenvalue weighted by molar-refractivity contribution is 9.09. The first-order chi connectivity index (χ1) is 6.33. The fourth-order valence-corrected chi connectivity index (χ4v) is 2.27. The molecule has 0 spiro atoms. The summed E-state index contributed by atoms with van der Waals surface area (Å²) < 4.78 is 0. The number of allylic oxidation sites excluding steroid dienone is 2. The molecule has 0 atom stereocenters. The van der Waals surface area contributed by atoms with Crippen LogP contribution in [0.2, 0.25) is 0 Å². The van der Waals surface area contributed by atoms with E-state index in [1.807, 2.05) is 0 Å². The van der Waals surface area contributed by atoms with Crippen molar-refractivity contribution in [3.8, 4) is 0 Å². The van der Waals surface area contributed by atoms with E-state index in [1.165, 1.54) is 25.5 Å². The lowest BCUT2D eigenvalue weighted by molar-refractivity contribution is -0.117. The van der Waals surface area contributed by atoms with Crippen molar-refractivity contribution in [3.05, 3.63) is 12.2 Å². The van der Waals surface area contributed by atoms with Crippen LogP contribution in [0.5, 0.6) is 0 Å². The molecule has 1 rings (SSSR count). The van der Waals surface area contributed by atoms with E-state index in [1.54, 1.807) is 0 Å². The predicted octanol–water partition coefficient (Wildman–Crippen LogP) is 3.48. The first kappa shape index (κ1) is 11.0. The van der Waals surface area contributed by atoms with Crippen LogP contribution in [0.4, 0.5) is 0 Å². The van der Waals surface area contributed by atoms with Crippen LogP contribution in [0, 0.1) is 5.41 Å². The zero-order chi connectivity index (χ0) is 9.57. The SMILES string of the molecule is O=CC1(C/C=C\CBr)CCCCC1. The van der Waals surface area contributed by atoms with Crippen molar-refractivity contribution in [2.45, 2.75) is 38.5 Å². The van der Waals surface area contributed by atoms with Crippen molar-refractivity contribution in [2.24, 2.45) is 5.41 Å². The predicted molar refractivity (Wildman–Crippen MR) is 59.1 cm³/mol. The third-order valence-electron chi connectivity index (χ3n) is 2.88. The number of hydrogen-bond acceptors (Lipinski definition) is 1. The van der Waals surface area contributed by atoms with Crippen LogP contribution in [0.15, 0.2) is 12.2 Å². The zero-order valence-corrected chi connectivity index (χ0v) is 9.55. The summed E-state index contributed by atoms with van der Waals surface area (Å²) in [5, 5.41) is 0.891. The third kappa shape index (κ3) is 3.26. The highest BCUT2D eigenvalue weighted by Crippen LogP contribution is 2.37. The molecule has 2 heteroatoms. The largest absolute Gasteiger partial charge is 0.303 e. The van der Waals surface area contributed by atoms with Crippen molar-refractivity contribution < 1.29 is 4.79 Å². The molecular weight excluding hydrogens is 228 g/mol. The molecule has 1 aliphatic carbocycles. The van der Waals surface area contributed by atoms with Crippen LogP contribution < -0.4 is 0 Å². The molecule has 0 amide bonds. The lowest BCUT2D eigenvalue weighted by atomic mass is 9.73. The smallest absolute Gasteiger partial charge is 0.126 e. The second-order valence-corrected chi connectivity index (χ2v) is 4.52. The Hall–Kier alpha value is -0.110. The van der Waals surface area contributed by atoms with Crippen molar-refractivity contribution in [2.75, 3.05) is 5.33 Å². The Morgan fingerprint density at radius 3 is 2.38 bits per heavy atom. The van der Waals surface area contributed by atoms with E-state index in [9.17, 15) is 4.79 Å². The van der Waals surface area contributed by atoms with Crippen LogP contribution in [0.1, 0.15) is 38.5 Å². The number of aldehydes is 1. The number of carbonyl (C=O) groups excluding carboxylic acids is 1. The molecule has 0 saturated heterocycles. The van der Waals surface area contributed by atoms with Crippen LogP contribution in [0.25, 0.3) is 0 Å². The van der Waals surface area contributed by atoms with E-state index < -0.39 is 0 Å². The fraction of sp³-hybridized carbons (Fsp3) is 0.727. The van der Waals surface area contributed by atoms with Gasteiger partial charge in [-0.15, -0.1) is 0 Å². The molecule has 1 saturated carbocycles. The molecule has 0 N–H and O–H groups in total. The molecule has 74 valence electrons. The Balaban J connectivity index is 2.47. The first-order valence-electron chi connectivity index (χ1n) is 5.00. The maximum atomic E-state index is 11.0. The Bertz CT molecular complexity index is 181. The van der Waals surface area contributed by atoms with Crippen LogP contribution in [-0.2, 0) is 4.79 Å². The second-order valence-electron chi connectivity index (χ2n) is 3.87. The maximum Gasteiger partial charge on any atom is 0.126 e. The summed E-state index contributed by atoms with van der Waals surface area (Å²) in [7, 11) is 0. The molecule has 0 radical (unpaired) electrons. The normalized spacial score (nSPS) is 21.9. The third-order valence-corrected chi connectivity index (χ3v) is 3.25. The van der Waals surface area contributed by atoms with Gasteiger partial charge < -0.3 is 4.79 Å². The summed E-state index contributed by atoms with van der Waals surface area (Å²) in [6.07, 6.45) is 12.3. The van der Waals surface area contributed by atoms with Crippen LogP contribution in [-0.4, -0.2) is 11.6 Å². The highest BCUT2D eigenvalue weighted by Gasteiger charge is 2.29. The number of hydrogen-bond donors (Lipinski definition) is 0. The van der Waals surface area contributed by atoms with Crippen LogP contribution >= 0.6 is 15.9 Å². The topological polar surface area (TPSA) is 17.1 Å². The van der Waals surface area contributed by atoms with E-state index in [0.29, 0.717) is 0 Å². The number of carbonyl (C=O) groups is 1. The summed E-state index contributed by atoms with van der Waals surface area (Å²) in [6.45, 7) is 0. The van der Waals surface area contributed by atoms with E-state index in [4.69, 9.17) is 0 Å². The van der Waals surface area contributed by atoms with Crippen molar-refractivity contribution in [1.29, 1.82) is 0 Å². The number of alkyl halides is 1. The summed E-state index contributed by atoms with van der Waals surface area (Å²) in [4.78, 5) is 11.0. The zero-order valence-electron chi connectivity index (χ0n) is 7.97. The minimum atomic E-state index is -0.0169. The molecule has 0 unspecified atom stereocenters. The molecule has 1 nitrogen and oxygen atoms in total. The number of rotatable bonds is 4. The van der Waals surface area contributed by atoms with Gasteiger partial charge in [0, 0.05) is 10.7 Å². The van der Waals surface area contributed by atoms with Gasteiger partial charge in [-0.3, -0.25) is 0 Å². The average molecular weight is 245 g/mol. The number of halogens is 1. The van der Waals surface area contributed by atoms with Crippen molar-refractivity contribution >= 4 is 22.2 Å². The molecule has 0 heterocycles. The quantitative estimate of drug-likeness (QED) is 0.421. The molecular formula is C11H17BrO. The molecule has 1 fully saturated rings. The van der Waals surface area contributed by atoms with E-state index in [2.05, 4.69) is 28.1 Å². The monoisotopic (exact) mass is 244 g/mol. The summed E-state index contributed by atoms with van der Waals surface area (Å²) in [5.41, 5.74) is -0.0169. The lowest BCUT2D eigenvalue weighted by Crippen LogP contribution is -2.24. The van der Waals surface area contributed by atoms with Gasteiger partial charge in [0.15, 0.2) is 0 Å². The molecule has 1 aliphatic rings. The Kier molecular flexibility index (Phi) is 4.71. The van der Waals surface area contributed by atoms with Gasteiger partial charge in [0.05, 0.1) is 0 Å². The van der Waals surface area contributed by atoms with Gasteiger partial charge in [0.25, 0.3) is 0 Å². The fourth-order valence-electron chi connectivity index (χ4n) is 2.01. The average Bonchev–Trinajstić information content (AvgIpc) is 2.20. The second kappa shape index (κ2) is 5.58. The summed E-state index contributed by atoms with van der Waals surface area (Å²) in [6, 6.07) is 0. The molecule has 0 bridgehead atoms. The minimum Gasteiger partial charge on any atom is -0.303 e. The van der Waals surface area contributed by atoms with E-state index in [-0.39, 0.29) is 5.41 Å². The maximum absolute atomic E-state index is 11.0. The van der Waals surface area contributed by atoms with Crippen molar-refractivity contribution in [3.63, 3.8) is 0 Å². The van der Waals surface area contributed by atoms with Gasteiger partial charge in [-0.2, -0.15) is 0 Å². The van der Waals surface area contributed by atoms with Gasteiger partial charge in [0.1, 0.15) is 6.29 Å². The molecule has 13 heavy (non-hydrogen) atoms. The summed E-state index contributed by atoms with van der Waals surface area (Å²) >= 11 is 3.34. The Morgan fingerprint density at radius 2 is 1.85 bits per heavy atom. The standard InChI is InChI=1S/C11H17BrO/c12-9-5-4-8-11(10-13)6-2-1-3-7-11/h4-5,10H,1-3,6-9H2/b5-4-. The molecule has 0 aromatic rings. The highest BCUT2D eigenvalue weighted by atomic mass is 79.9. The van der Waals surface area contributed by atoms with Gasteiger partial charge >= 0.3 is 0 Å². The molecule has 0 aromatic carbocycles. The molecule has 0 aromatic heterocycles. The van der Waals surface area contributed by atoms with Crippen molar-refractivity contribution in [1.82, 2.24) is 0 Å². The van der Waals surface area contributed by atoms with Gasteiger partial charge in [-0.1, -0.05) is 47.3 Å². The molecule has 0 aliphatic heterocycles. The minimum absolute atomic E-state index is 0.0169. The van der Waals surface area contributed by atoms with Gasteiger partial charge in [-0.05, 0) is 19.3 Å². The van der Waals surface area contributed by atoms with Gasteiger partial charge in [-0.25, -0.2) is 0 Å². The lowest BCUT2D eigenvalue weighted by Gasteiger charge is -2.30. The summed E-state index contributed by atoms with van der Waals surface area (Å²) in [5.74, 6) is 0. The Labute approximate surface area is 88.7 Å². The van der Waals surface area contributed by atoms with E-state index >= 15 is 0 Å². The van der Waals surface area contributed by atoms with Gasteiger partial charge in [0.2, 0.25) is 0 Å². The first-order valence-corrected chi connectivity index (χ1v) is 6.12. The van der Waals surface area contributed by atoms with E-state index in [0.717, 1.165) is 24.6 Å². The Morgan fingerprint density at radius 1 is 1.15 bits per heavy atom. The van der Waals surface area contributed by atoms with Crippen LogP contribution in [0.3, 0.4) is 0 Å².